The van der Waals surface area contributed by atoms with Crippen molar-refractivity contribution >= 4 is 40.0 Å². The molecule has 0 aliphatic carbocycles. The van der Waals surface area contributed by atoms with Crippen LogP contribution in [0.3, 0.4) is 0 Å². The summed E-state index contributed by atoms with van der Waals surface area (Å²) in [5.74, 6) is 0. The molecule has 2 N–H and O–H groups in total. The Morgan fingerprint density at radius 2 is 1.58 bits per heavy atom. The van der Waals surface area contributed by atoms with Gasteiger partial charge in [-0.15, -0.1) is 0 Å². The van der Waals surface area contributed by atoms with Gasteiger partial charge in [-0.3, -0.25) is 0 Å². The highest BCUT2D eigenvalue weighted by Crippen LogP contribution is 2.21. The Morgan fingerprint density at radius 1 is 0.947 bits per heavy atom. The van der Waals surface area contributed by atoms with Gasteiger partial charge in [0.15, 0.2) is 0 Å². The van der Waals surface area contributed by atoms with Crippen LogP contribution < -0.4 is 10.6 Å². The summed E-state index contributed by atoms with van der Waals surface area (Å²) in [6.45, 7) is 3.96. The third-order valence-electron chi connectivity index (χ3n) is 2.84. The van der Waals surface area contributed by atoms with Crippen LogP contribution in [0.25, 0.3) is 0 Å². The molecule has 0 aliphatic rings. The predicted octanol–water partition coefficient (Wildman–Crippen LogP) is 4.55. The Kier molecular flexibility index (Phi) is 4.42. The Bertz CT molecular complexity index is 591. The van der Waals surface area contributed by atoms with E-state index in [9.17, 15) is 4.79 Å². The average molecular weight is 366 g/mol. The summed E-state index contributed by atoms with van der Waals surface area (Å²) in [6.07, 6.45) is 0. The fourth-order valence-electron chi connectivity index (χ4n) is 1.84. The highest BCUT2D eigenvalue weighted by molar-refractivity contribution is 14.1. The van der Waals surface area contributed by atoms with Gasteiger partial charge in [0.25, 0.3) is 0 Å². The van der Waals surface area contributed by atoms with E-state index in [4.69, 9.17) is 0 Å². The molecule has 4 heteroatoms. The highest BCUT2D eigenvalue weighted by Gasteiger charge is 2.08. The van der Waals surface area contributed by atoms with Gasteiger partial charge in [0, 0.05) is 9.26 Å². The lowest BCUT2D eigenvalue weighted by molar-refractivity contribution is 0.262. The molecule has 0 unspecified atom stereocenters. The molecule has 0 spiro atoms. The maximum atomic E-state index is 12.0. The highest BCUT2D eigenvalue weighted by atomic mass is 127. The van der Waals surface area contributed by atoms with Gasteiger partial charge in [-0.2, -0.15) is 0 Å². The van der Waals surface area contributed by atoms with Gasteiger partial charge < -0.3 is 10.6 Å². The zero-order chi connectivity index (χ0) is 13.8. The summed E-state index contributed by atoms with van der Waals surface area (Å²) in [7, 11) is 0. The first-order valence-electron chi connectivity index (χ1n) is 5.96. The molecule has 0 radical (unpaired) electrons. The molecule has 2 amide bonds. The van der Waals surface area contributed by atoms with Crippen LogP contribution in [0, 0.1) is 17.4 Å². The fraction of sp³-hybridized carbons (Fsp3) is 0.133. The van der Waals surface area contributed by atoms with Crippen LogP contribution in [0.1, 0.15) is 11.1 Å². The molecular weight excluding hydrogens is 351 g/mol. The number of nitrogens with one attached hydrogen (secondary N) is 2. The number of urea groups is 1. The number of anilines is 2. The number of benzene rings is 2. The van der Waals surface area contributed by atoms with Crippen LogP contribution in [0.4, 0.5) is 16.2 Å². The first kappa shape index (κ1) is 13.9. The lowest BCUT2D eigenvalue weighted by Gasteiger charge is -2.13. The third-order valence-corrected chi connectivity index (χ3v) is 3.78. The maximum Gasteiger partial charge on any atom is 0.323 e. The lowest BCUT2D eigenvalue weighted by atomic mass is 10.1. The van der Waals surface area contributed by atoms with Gasteiger partial charge in [0.05, 0.1) is 5.69 Å². The maximum absolute atomic E-state index is 12.0. The molecule has 0 heterocycles. The van der Waals surface area contributed by atoms with Crippen LogP contribution in [-0.4, -0.2) is 6.03 Å². The van der Waals surface area contributed by atoms with Gasteiger partial charge >= 0.3 is 6.03 Å². The van der Waals surface area contributed by atoms with Crippen LogP contribution in [0.15, 0.2) is 42.5 Å². The molecule has 2 aromatic rings. The Balaban J connectivity index is 2.12. The number of carbonyl (C=O) groups excluding carboxylic acids is 1. The van der Waals surface area contributed by atoms with Gasteiger partial charge in [-0.25, -0.2) is 4.79 Å². The smallest absolute Gasteiger partial charge is 0.307 e. The average Bonchev–Trinajstić information content (AvgIpc) is 2.37. The van der Waals surface area contributed by atoms with Crippen molar-refractivity contribution < 1.29 is 4.79 Å². The van der Waals surface area contributed by atoms with E-state index in [1.807, 2.05) is 56.3 Å². The Morgan fingerprint density at radius 3 is 2.21 bits per heavy atom. The number of amides is 2. The van der Waals surface area contributed by atoms with E-state index in [0.717, 1.165) is 26.1 Å². The van der Waals surface area contributed by atoms with Crippen molar-refractivity contribution in [1.82, 2.24) is 0 Å². The van der Waals surface area contributed by atoms with Gasteiger partial charge in [0.2, 0.25) is 0 Å². The van der Waals surface area contributed by atoms with Gasteiger partial charge in [0.1, 0.15) is 0 Å². The number of halogens is 1. The second-order valence-corrected chi connectivity index (χ2v) is 5.49. The molecular formula is C15H15IN2O. The van der Waals surface area contributed by atoms with Crippen LogP contribution in [0.5, 0.6) is 0 Å². The number of carbonyl (C=O) groups is 1. The van der Waals surface area contributed by atoms with Crippen LogP contribution in [-0.2, 0) is 0 Å². The van der Waals surface area contributed by atoms with E-state index in [2.05, 4.69) is 33.2 Å². The zero-order valence-electron chi connectivity index (χ0n) is 10.8. The van der Waals surface area contributed by atoms with Crippen molar-refractivity contribution in [2.75, 3.05) is 10.6 Å². The Labute approximate surface area is 126 Å². The normalized spacial score (nSPS) is 10.1. The lowest BCUT2D eigenvalue weighted by Crippen LogP contribution is -2.21. The Hall–Kier alpha value is -1.56. The monoisotopic (exact) mass is 366 g/mol. The number of aryl methyl sites for hydroxylation is 2. The SMILES string of the molecule is Cc1cccc(C)c1NC(=O)Nc1ccccc1I. The first-order valence-corrected chi connectivity index (χ1v) is 7.04. The molecule has 98 valence electrons. The molecule has 0 aromatic heterocycles. The number of hydrogen-bond acceptors (Lipinski definition) is 1. The van der Waals surface area contributed by atoms with E-state index in [0.29, 0.717) is 0 Å². The van der Waals surface area contributed by atoms with Crippen molar-refractivity contribution in [3.05, 3.63) is 57.2 Å². The minimum absolute atomic E-state index is 0.221. The summed E-state index contributed by atoms with van der Waals surface area (Å²) in [4.78, 5) is 12.0. The summed E-state index contributed by atoms with van der Waals surface area (Å²) in [5, 5.41) is 5.76. The van der Waals surface area contributed by atoms with E-state index in [-0.39, 0.29) is 6.03 Å². The number of rotatable bonds is 2. The van der Waals surface area contributed by atoms with Crippen LogP contribution >= 0.6 is 22.6 Å². The van der Waals surface area contributed by atoms with E-state index in [1.165, 1.54) is 0 Å². The molecule has 0 fully saturated rings. The standard InChI is InChI=1S/C15H15IN2O/c1-10-6-5-7-11(2)14(10)18-15(19)17-13-9-4-3-8-12(13)16/h3-9H,1-2H3,(H2,17,18,19). The molecule has 0 bridgehead atoms. The van der Waals surface area contributed by atoms with Crippen molar-refractivity contribution in [2.45, 2.75) is 13.8 Å². The summed E-state index contributed by atoms with van der Waals surface area (Å²) >= 11 is 2.20. The molecule has 2 aromatic carbocycles. The van der Waals surface area contributed by atoms with E-state index >= 15 is 0 Å². The van der Waals surface area contributed by atoms with E-state index in [1.54, 1.807) is 0 Å². The topological polar surface area (TPSA) is 41.1 Å². The van der Waals surface area contributed by atoms with Crippen molar-refractivity contribution in [3.63, 3.8) is 0 Å². The quantitative estimate of drug-likeness (QED) is 0.753. The number of para-hydroxylation sites is 2. The van der Waals surface area contributed by atoms with Gasteiger partial charge in [-0.05, 0) is 59.7 Å². The molecule has 0 aliphatic heterocycles. The minimum Gasteiger partial charge on any atom is -0.307 e. The molecule has 0 saturated heterocycles. The van der Waals surface area contributed by atoms with Crippen molar-refractivity contribution in [3.8, 4) is 0 Å². The third kappa shape index (κ3) is 3.47. The second-order valence-electron chi connectivity index (χ2n) is 4.33. The number of hydrogen-bond donors (Lipinski definition) is 2. The fourth-order valence-corrected chi connectivity index (χ4v) is 2.36. The second kappa shape index (κ2) is 6.06. The molecule has 0 saturated carbocycles. The molecule has 3 nitrogen and oxygen atoms in total. The minimum atomic E-state index is -0.221. The van der Waals surface area contributed by atoms with E-state index < -0.39 is 0 Å². The summed E-state index contributed by atoms with van der Waals surface area (Å²) < 4.78 is 1.01. The predicted molar refractivity (Wildman–Crippen MR) is 87.7 cm³/mol. The largest absolute Gasteiger partial charge is 0.323 e. The van der Waals surface area contributed by atoms with Gasteiger partial charge in [-0.1, -0.05) is 30.3 Å². The van der Waals surface area contributed by atoms with Crippen LogP contribution in [0.2, 0.25) is 0 Å². The molecule has 0 atom stereocenters. The molecule has 2 rings (SSSR count). The molecule has 19 heavy (non-hydrogen) atoms. The summed E-state index contributed by atoms with van der Waals surface area (Å²) in [5.41, 5.74) is 3.79. The first-order chi connectivity index (χ1) is 9.08. The summed E-state index contributed by atoms with van der Waals surface area (Å²) in [6, 6.07) is 13.4. The van der Waals surface area contributed by atoms with Crippen molar-refractivity contribution in [2.24, 2.45) is 0 Å². The van der Waals surface area contributed by atoms with Crippen molar-refractivity contribution in [1.29, 1.82) is 0 Å². The zero-order valence-corrected chi connectivity index (χ0v) is 13.0.